The summed E-state index contributed by atoms with van der Waals surface area (Å²) in [6, 6.07) is 1.85. The first-order valence-electron chi connectivity index (χ1n) is 5.45. The van der Waals surface area contributed by atoms with E-state index in [1.54, 1.807) is 23.1 Å². The van der Waals surface area contributed by atoms with Gasteiger partial charge in [-0.25, -0.2) is 9.50 Å². The summed E-state index contributed by atoms with van der Waals surface area (Å²) in [7, 11) is 0. The van der Waals surface area contributed by atoms with Gasteiger partial charge in [0.25, 0.3) is 0 Å². The first kappa shape index (κ1) is 11.1. The number of halogens is 1. The highest BCUT2D eigenvalue weighted by molar-refractivity contribution is 6.30. The van der Waals surface area contributed by atoms with Crippen LogP contribution in [0.2, 0.25) is 5.15 Å². The van der Waals surface area contributed by atoms with Crippen LogP contribution in [-0.2, 0) is 0 Å². The molecule has 0 spiro atoms. The maximum absolute atomic E-state index is 6.26. The smallest absolute Gasteiger partial charge is 0.157 e. The topological polar surface area (TPSA) is 56.0 Å². The van der Waals surface area contributed by atoms with E-state index < -0.39 is 0 Å². The van der Waals surface area contributed by atoms with Gasteiger partial charge in [-0.05, 0) is 13.8 Å². The minimum Gasteiger partial charge on any atom is -0.261 e. The summed E-state index contributed by atoms with van der Waals surface area (Å²) in [6.45, 7) is 3.85. The van der Waals surface area contributed by atoms with E-state index in [0.29, 0.717) is 22.2 Å². The SMILES string of the molecule is Cc1nc2cc(-c3cnccn3)nn2c(Cl)c1C. The van der Waals surface area contributed by atoms with Crippen LogP contribution in [0.4, 0.5) is 0 Å². The molecule has 3 aromatic heterocycles. The van der Waals surface area contributed by atoms with Gasteiger partial charge in [-0.15, -0.1) is 0 Å². The van der Waals surface area contributed by atoms with Crippen LogP contribution in [0.3, 0.4) is 0 Å². The molecular weight excluding hydrogens is 250 g/mol. The van der Waals surface area contributed by atoms with Crippen molar-refractivity contribution in [3.63, 3.8) is 0 Å². The maximum atomic E-state index is 6.26. The monoisotopic (exact) mass is 259 g/mol. The number of hydrogen-bond acceptors (Lipinski definition) is 4. The quantitative estimate of drug-likeness (QED) is 0.630. The van der Waals surface area contributed by atoms with E-state index in [0.717, 1.165) is 11.3 Å². The highest BCUT2D eigenvalue weighted by Gasteiger charge is 2.12. The lowest BCUT2D eigenvalue weighted by molar-refractivity contribution is 0.916. The lowest BCUT2D eigenvalue weighted by Crippen LogP contribution is -1.98. The molecule has 3 heterocycles. The predicted molar refractivity (Wildman–Crippen MR) is 68.5 cm³/mol. The Morgan fingerprint density at radius 1 is 1.17 bits per heavy atom. The lowest BCUT2D eigenvalue weighted by atomic mass is 10.3. The Morgan fingerprint density at radius 2 is 2.00 bits per heavy atom. The number of aromatic nitrogens is 5. The van der Waals surface area contributed by atoms with Crippen LogP contribution in [0.5, 0.6) is 0 Å². The molecule has 18 heavy (non-hydrogen) atoms. The minimum absolute atomic E-state index is 0.577. The molecule has 0 amide bonds. The van der Waals surface area contributed by atoms with Crippen molar-refractivity contribution in [3.8, 4) is 11.4 Å². The zero-order valence-electron chi connectivity index (χ0n) is 9.92. The summed E-state index contributed by atoms with van der Waals surface area (Å²) in [5.74, 6) is 0. The highest BCUT2D eigenvalue weighted by Crippen LogP contribution is 2.22. The van der Waals surface area contributed by atoms with Crippen molar-refractivity contribution in [1.82, 2.24) is 24.6 Å². The third-order valence-electron chi connectivity index (χ3n) is 2.84. The van der Waals surface area contributed by atoms with Crippen molar-refractivity contribution in [2.75, 3.05) is 0 Å². The molecular formula is C12H10ClN5. The molecule has 5 nitrogen and oxygen atoms in total. The molecule has 0 aliphatic heterocycles. The third kappa shape index (κ3) is 1.64. The largest absolute Gasteiger partial charge is 0.261 e. The van der Waals surface area contributed by atoms with Crippen molar-refractivity contribution in [2.24, 2.45) is 0 Å². The van der Waals surface area contributed by atoms with Gasteiger partial charge in [0.15, 0.2) is 5.65 Å². The van der Waals surface area contributed by atoms with Gasteiger partial charge in [0.2, 0.25) is 0 Å². The first-order chi connectivity index (χ1) is 8.66. The van der Waals surface area contributed by atoms with Gasteiger partial charge < -0.3 is 0 Å². The molecule has 0 radical (unpaired) electrons. The van der Waals surface area contributed by atoms with Crippen LogP contribution < -0.4 is 0 Å². The summed E-state index contributed by atoms with van der Waals surface area (Å²) in [5, 5.41) is 4.98. The van der Waals surface area contributed by atoms with Crippen molar-refractivity contribution >= 4 is 17.2 Å². The Morgan fingerprint density at radius 3 is 2.72 bits per heavy atom. The van der Waals surface area contributed by atoms with Gasteiger partial charge in [0.05, 0.1) is 6.20 Å². The van der Waals surface area contributed by atoms with Crippen molar-refractivity contribution in [2.45, 2.75) is 13.8 Å². The molecule has 6 heteroatoms. The molecule has 0 aliphatic rings. The standard InChI is InChI=1S/C12H10ClN5/c1-7-8(2)16-11-5-9(17-18(11)12(7)13)10-6-14-3-4-15-10/h3-6H,1-2H3. The predicted octanol–water partition coefficient (Wildman–Crippen LogP) is 2.46. The average Bonchev–Trinajstić information content (AvgIpc) is 2.81. The second kappa shape index (κ2) is 4.03. The maximum Gasteiger partial charge on any atom is 0.157 e. The van der Waals surface area contributed by atoms with Crippen LogP contribution in [0.15, 0.2) is 24.7 Å². The number of fused-ring (bicyclic) bond motifs is 1. The fourth-order valence-electron chi connectivity index (χ4n) is 1.72. The zero-order chi connectivity index (χ0) is 12.7. The highest BCUT2D eigenvalue weighted by atomic mass is 35.5. The van der Waals surface area contributed by atoms with Gasteiger partial charge in [-0.2, -0.15) is 5.10 Å². The van der Waals surface area contributed by atoms with E-state index in [4.69, 9.17) is 11.6 Å². The summed E-state index contributed by atoms with van der Waals surface area (Å²) in [5.41, 5.74) is 3.96. The number of hydrogen-bond donors (Lipinski definition) is 0. The van der Waals surface area contributed by atoms with E-state index in [1.165, 1.54) is 0 Å². The fourth-order valence-corrected chi connectivity index (χ4v) is 1.98. The van der Waals surface area contributed by atoms with E-state index in [1.807, 2.05) is 19.9 Å². The lowest BCUT2D eigenvalue weighted by Gasteiger charge is -2.03. The molecule has 0 aromatic carbocycles. The Labute approximate surface area is 108 Å². The van der Waals surface area contributed by atoms with Gasteiger partial charge in [-0.1, -0.05) is 11.6 Å². The molecule has 3 aromatic rings. The third-order valence-corrected chi connectivity index (χ3v) is 3.28. The van der Waals surface area contributed by atoms with Crippen LogP contribution in [0.1, 0.15) is 11.3 Å². The number of nitrogens with zero attached hydrogens (tertiary/aromatic N) is 5. The summed E-state index contributed by atoms with van der Waals surface area (Å²) >= 11 is 6.26. The van der Waals surface area contributed by atoms with Crippen LogP contribution in [-0.4, -0.2) is 24.6 Å². The molecule has 0 atom stereocenters. The van der Waals surface area contributed by atoms with E-state index in [2.05, 4.69) is 20.1 Å². The molecule has 0 bridgehead atoms. The number of rotatable bonds is 1. The molecule has 90 valence electrons. The summed E-state index contributed by atoms with van der Waals surface area (Å²) in [6.07, 6.45) is 4.92. The minimum atomic E-state index is 0.577. The van der Waals surface area contributed by atoms with Crippen LogP contribution in [0.25, 0.3) is 17.0 Å². The molecule has 0 saturated heterocycles. The summed E-state index contributed by atoms with van der Waals surface area (Å²) in [4.78, 5) is 12.7. The van der Waals surface area contributed by atoms with Crippen molar-refractivity contribution in [3.05, 3.63) is 41.1 Å². The molecule has 0 unspecified atom stereocenters. The van der Waals surface area contributed by atoms with E-state index in [-0.39, 0.29) is 0 Å². The van der Waals surface area contributed by atoms with Crippen LogP contribution in [0, 0.1) is 13.8 Å². The number of aryl methyl sites for hydroxylation is 1. The van der Waals surface area contributed by atoms with Crippen LogP contribution >= 0.6 is 11.6 Å². The molecule has 0 aliphatic carbocycles. The molecule has 0 fully saturated rings. The van der Waals surface area contributed by atoms with Gasteiger partial charge in [0, 0.05) is 29.7 Å². The van der Waals surface area contributed by atoms with Gasteiger partial charge >= 0.3 is 0 Å². The Kier molecular flexibility index (Phi) is 2.48. The van der Waals surface area contributed by atoms with Crippen molar-refractivity contribution < 1.29 is 0 Å². The normalized spacial score (nSPS) is 11.1. The first-order valence-corrected chi connectivity index (χ1v) is 5.83. The van der Waals surface area contributed by atoms with E-state index in [9.17, 15) is 0 Å². The van der Waals surface area contributed by atoms with Crippen molar-refractivity contribution in [1.29, 1.82) is 0 Å². The second-order valence-electron chi connectivity index (χ2n) is 4.00. The molecule has 0 N–H and O–H groups in total. The summed E-state index contributed by atoms with van der Waals surface area (Å²) < 4.78 is 1.62. The molecule has 0 saturated carbocycles. The van der Waals surface area contributed by atoms with E-state index >= 15 is 0 Å². The second-order valence-corrected chi connectivity index (χ2v) is 4.36. The zero-order valence-corrected chi connectivity index (χ0v) is 10.7. The average molecular weight is 260 g/mol. The van der Waals surface area contributed by atoms with Gasteiger partial charge in [0.1, 0.15) is 16.5 Å². The Balaban J connectivity index is 2.27. The Hall–Kier alpha value is -2.01. The molecule has 3 rings (SSSR count). The fraction of sp³-hybridized carbons (Fsp3) is 0.167. The van der Waals surface area contributed by atoms with Gasteiger partial charge in [-0.3, -0.25) is 9.97 Å². The Bertz CT molecular complexity index is 720.